The highest BCUT2D eigenvalue weighted by Crippen LogP contribution is 2.12. The van der Waals surface area contributed by atoms with E-state index in [4.69, 9.17) is 10.00 Å². The maximum absolute atomic E-state index is 11.3. The van der Waals surface area contributed by atoms with Crippen molar-refractivity contribution in [3.8, 4) is 6.07 Å². The molecule has 0 aromatic carbocycles. The van der Waals surface area contributed by atoms with Crippen molar-refractivity contribution in [2.45, 2.75) is 12.1 Å². The molecule has 8 heteroatoms. The molecular weight excluding hydrogens is 254 g/mol. The zero-order chi connectivity index (χ0) is 13.5. The van der Waals surface area contributed by atoms with Gasteiger partial charge in [0.2, 0.25) is 5.95 Å². The smallest absolute Gasteiger partial charge is 0.350 e. The highest BCUT2D eigenvalue weighted by atomic mass is 32.2. The molecule has 0 fully saturated rings. The zero-order valence-electron chi connectivity index (χ0n) is 10.3. The van der Waals surface area contributed by atoms with Gasteiger partial charge >= 0.3 is 5.97 Å². The summed E-state index contributed by atoms with van der Waals surface area (Å²) in [6, 6.07) is 1.75. The van der Waals surface area contributed by atoms with E-state index in [1.54, 1.807) is 24.7 Å². The molecule has 0 spiro atoms. The molecule has 1 heterocycles. The van der Waals surface area contributed by atoms with Crippen LogP contribution in [0.1, 0.15) is 6.92 Å². The summed E-state index contributed by atoms with van der Waals surface area (Å²) in [4.78, 5) is 15.5. The molecule has 0 unspecified atom stereocenters. The number of nitrogens with one attached hydrogen (secondary N) is 1. The average Bonchev–Trinajstić information content (AvgIpc) is 2.71. The lowest BCUT2D eigenvalue weighted by Gasteiger charge is -1.99. The van der Waals surface area contributed by atoms with Crippen LogP contribution in [-0.2, 0) is 16.6 Å². The predicted octanol–water partition coefficient (Wildman–Crippen LogP) is 0.919. The number of anilines is 1. The highest BCUT2D eigenvalue weighted by Gasteiger charge is 2.10. The van der Waals surface area contributed by atoms with Crippen molar-refractivity contribution >= 4 is 23.7 Å². The van der Waals surface area contributed by atoms with Gasteiger partial charge in [0.15, 0.2) is 10.7 Å². The summed E-state index contributed by atoms with van der Waals surface area (Å²) >= 11 is 1.44. The monoisotopic (exact) mass is 267 g/mol. The maximum Gasteiger partial charge on any atom is 0.350 e. The third-order valence-corrected chi connectivity index (χ3v) is 2.59. The highest BCUT2D eigenvalue weighted by molar-refractivity contribution is 7.98. The van der Waals surface area contributed by atoms with Gasteiger partial charge in [-0.05, 0) is 13.2 Å². The van der Waals surface area contributed by atoms with Crippen molar-refractivity contribution in [3.05, 3.63) is 11.8 Å². The fourth-order valence-electron chi connectivity index (χ4n) is 1.09. The average molecular weight is 267 g/mol. The van der Waals surface area contributed by atoms with Crippen LogP contribution in [0, 0.1) is 11.3 Å². The number of nitrogens with zero attached hydrogens (tertiary/aromatic N) is 4. The van der Waals surface area contributed by atoms with Gasteiger partial charge in [-0.2, -0.15) is 10.2 Å². The van der Waals surface area contributed by atoms with Crippen LogP contribution in [0.15, 0.2) is 16.9 Å². The molecule has 7 nitrogen and oxygen atoms in total. The minimum Gasteiger partial charge on any atom is -0.462 e. The number of ether oxygens (including phenoxy) is 1. The SMILES string of the molecule is CCOC(=O)/C(C#N)=C/Nc1nc(SC)n(C)n1. The van der Waals surface area contributed by atoms with Crippen molar-refractivity contribution in [1.82, 2.24) is 14.8 Å². The first-order valence-electron chi connectivity index (χ1n) is 5.11. The number of rotatable bonds is 5. The van der Waals surface area contributed by atoms with Crippen LogP contribution in [0.25, 0.3) is 0 Å². The molecule has 1 N–H and O–H groups in total. The predicted molar refractivity (Wildman–Crippen MR) is 66.7 cm³/mol. The molecule has 0 aliphatic rings. The first kappa shape index (κ1) is 14.1. The molecular formula is C10H13N5O2S. The Morgan fingerprint density at radius 1 is 1.72 bits per heavy atom. The van der Waals surface area contributed by atoms with Crippen LogP contribution < -0.4 is 5.32 Å². The summed E-state index contributed by atoms with van der Waals surface area (Å²) in [5.74, 6) is -0.354. The van der Waals surface area contributed by atoms with E-state index >= 15 is 0 Å². The van der Waals surface area contributed by atoms with Gasteiger partial charge in [-0.15, -0.1) is 5.10 Å². The van der Waals surface area contributed by atoms with Crippen LogP contribution in [0.5, 0.6) is 0 Å². The summed E-state index contributed by atoms with van der Waals surface area (Å²) in [5.41, 5.74) is -0.130. The van der Waals surface area contributed by atoms with E-state index in [9.17, 15) is 4.79 Å². The Balaban J connectivity index is 2.77. The third-order valence-electron chi connectivity index (χ3n) is 1.87. The third kappa shape index (κ3) is 3.49. The molecule has 1 aromatic rings. The molecule has 1 rings (SSSR count). The van der Waals surface area contributed by atoms with Gasteiger partial charge < -0.3 is 10.1 Å². The first-order chi connectivity index (χ1) is 8.62. The lowest BCUT2D eigenvalue weighted by Crippen LogP contribution is -2.08. The zero-order valence-corrected chi connectivity index (χ0v) is 11.1. The number of carbonyl (C=O) groups is 1. The quantitative estimate of drug-likeness (QED) is 0.367. The molecule has 1 aromatic heterocycles. The Hall–Kier alpha value is -2.01. The van der Waals surface area contributed by atoms with E-state index in [0.29, 0.717) is 5.95 Å². The normalized spacial score (nSPS) is 10.9. The van der Waals surface area contributed by atoms with E-state index in [1.807, 2.05) is 6.26 Å². The van der Waals surface area contributed by atoms with E-state index in [1.165, 1.54) is 18.0 Å². The second-order valence-corrected chi connectivity index (χ2v) is 3.85. The van der Waals surface area contributed by atoms with E-state index in [-0.39, 0.29) is 12.2 Å². The van der Waals surface area contributed by atoms with Crippen molar-refractivity contribution in [2.75, 3.05) is 18.2 Å². The van der Waals surface area contributed by atoms with Crippen LogP contribution in [0.3, 0.4) is 0 Å². The van der Waals surface area contributed by atoms with Gasteiger partial charge in [-0.25, -0.2) is 9.48 Å². The van der Waals surface area contributed by atoms with Gasteiger partial charge in [-0.1, -0.05) is 11.8 Å². The van der Waals surface area contributed by atoms with Gasteiger partial charge in [0.05, 0.1) is 6.61 Å². The summed E-state index contributed by atoms with van der Waals surface area (Å²) in [7, 11) is 1.75. The molecule has 0 bridgehead atoms. The van der Waals surface area contributed by atoms with Crippen molar-refractivity contribution in [2.24, 2.45) is 7.05 Å². The molecule has 18 heavy (non-hydrogen) atoms. The minimum absolute atomic E-state index is 0.130. The number of hydrogen-bond donors (Lipinski definition) is 1. The lowest BCUT2D eigenvalue weighted by molar-refractivity contribution is -0.138. The maximum atomic E-state index is 11.3. The number of esters is 1. The Bertz CT molecular complexity index is 503. The topological polar surface area (TPSA) is 92.8 Å². The van der Waals surface area contributed by atoms with Crippen molar-refractivity contribution in [3.63, 3.8) is 0 Å². The van der Waals surface area contributed by atoms with Gasteiger partial charge in [-0.3, -0.25) is 0 Å². The van der Waals surface area contributed by atoms with Crippen LogP contribution in [0.2, 0.25) is 0 Å². The van der Waals surface area contributed by atoms with Crippen molar-refractivity contribution < 1.29 is 9.53 Å². The fraction of sp³-hybridized carbons (Fsp3) is 0.400. The van der Waals surface area contributed by atoms with E-state index < -0.39 is 5.97 Å². The molecule has 0 saturated heterocycles. The first-order valence-corrected chi connectivity index (χ1v) is 6.33. The molecule has 96 valence electrons. The number of hydrogen-bond acceptors (Lipinski definition) is 7. The number of aromatic nitrogens is 3. The summed E-state index contributed by atoms with van der Waals surface area (Å²) in [6.07, 6.45) is 3.11. The van der Waals surface area contributed by atoms with Gasteiger partial charge in [0.25, 0.3) is 0 Å². The summed E-state index contributed by atoms with van der Waals surface area (Å²) in [5, 5.41) is 16.3. The lowest BCUT2D eigenvalue weighted by atomic mass is 10.3. The number of nitriles is 1. The van der Waals surface area contributed by atoms with Crippen LogP contribution in [0.4, 0.5) is 5.95 Å². The standard InChI is InChI=1S/C10H13N5O2S/c1-4-17-8(16)7(5-11)6-12-9-13-10(18-3)15(2)14-9/h6H,4H2,1-3H3,(H,12,14)/b7-6+. The Morgan fingerprint density at radius 3 is 2.94 bits per heavy atom. The Kier molecular flexibility index (Phi) is 5.20. The fourth-order valence-corrected chi connectivity index (χ4v) is 1.57. The molecule has 0 aliphatic carbocycles. The van der Waals surface area contributed by atoms with Crippen molar-refractivity contribution in [1.29, 1.82) is 5.26 Å². The van der Waals surface area contributed by atoms with Crippen LogP contribution in [-0.4, -0.2) is 33.6 Å². The second kappa shape index (κ2) is 6.66. The van der Waals surface area contributed by atoms with Gasteiger partial charge in [0.1, 0.15) is 6.07 Å². The van der Waals surface area contributed by atoms with E-state index in [2.05, 4.69) is 15.4 Å². The Morgan fingerprint density at radius 2 is 2.44 bits per heavy atom. The Labute approximate surface area is 109 Å². The molecule has 0 amide bonds. The van der Waals surface area contributed by atoms with E-state index in [0.717, 1.165) is 5.16 Å². The molecule has 0 aliphatic heterocycles. The molecule has 0 radical (unpaired) electrons. The number of aryl methyl sites for hydroxylation is 1. The molecule has 0 saturated carbocycles. The minimum atomic E-state index is -0.673. The van der Waals surface area contributed by atoms with Crippen LogP contribution >= 0.6 is 11.8 Å². The summed E-state index contributed by atoms with van der Waals surface area (Å²) < 4.78 is 6.31. The van der Waals surface area contributed by atoms with Gasteiger partial charge in [0, 0.05) is 13.2 Å². The number of carbonyl (C=O) groups excluding carboxylic acids is 1. The molecule has 0 atom stereocenters. The largest absolute Gasteiger partial charge is 0.462 e. The second-order valence-electron chi connectivity index (χ2n) is 3.08. The summed E-state index contributed by atoms with van der Waals surface area (Å²) in [6.45, 7) is 1.89. The number of thioether (sulfide) groups is 1.